The van der Waals surface area contributed by atoms with Crippen LogP contribution in [-0.2, 0) is 4.74 Å². The van der Waals surface area contributed by atoms with Crippen LogP contribution in [0.2, 0.25) is 0 Å². The standard InChI is InChI=1S/C17H23BrN2O3/c1-17(2,3)23-16(21)20-10-5-4-9-14(20)15(19-22)12-7-6-8-13(18)11-12/h6-8,11,14,22H,4-5,9-10H2,1-3H3/t14-/m0/s1. The lowest BCUT2D eigenvalue weighted by Gasteiger charge is -2.37. The third-order valence-electron chi connectivity index (χ3n) is 3.67. The summed E-state index contributed by atoms with van der Waals surface area (Å²) in [5.41, 5.74) is 0.741. The Balaban J connectivity index is 2.27. The number of ether oxygens (including phenoxy) is 1. The van der Waals surface area contributed by atoms with Crippen molar-refractivity contribution >= 4 is 27.7 Å². The molecule has 0 radical (unpaired) electrons. The minimum absolute atomic E-state index is 0.280. The highest BCUT2D eigenvalue weighted by Crippen LogP contribution is 2.25. The molecule has 0 aromatic heterocycles. The topological polar surface area (TPSA) is 62.1 Å². The van der Waals surface area contributed by atoms with Gasteiger partial charge in [-0.05, 0) is 52.2 Å². The lowest BCUT2D eigenvalue weighted by molar-refractivity contribution is 0.0165. The number of oxime groups is 1. The maximum atomic E-state index is 12.5. The molecule has 0 saturated carbocycles. The first-order valence-corrected chi connectivity index (χ1v) is 8.58. The monoisotopic (exact) mass is 382 g/mol. The van der Waals surface area contributed by atoms with E-state index < -0.39 is 5.60 Å². The van der Waals surface area contributed by atoms with Crippen LogP contribution in [0.4, 0.5) is 4.79 Å². The van der Waals surface area contributed by atoms with Crippen LogP contribution in [0, 0.1) is 0 Å². The molecule has 126 valence electrons. The summed E-state index contributed by atoms with van der Waals surface area (Å²) in [5, 5.41) is 13.0. The van der Waals surface area contributed by atoms with Gasteiger partial charge in [-0.2, -0.15) is 0 Å². The van der Waals surface area contributed by atoms with Crippen LogP contribution in [0.25, 0.3) is 0 Å². The Bertz CT molecular complexity index is 596. The molecule has 1 N–H and O–H groups in total. The molecule has 0 unspecified atom stereocenters. The van der Waals surface area contributed by atoms with Gasteiger partial charge in [-0.3, -0.25) is 4.90 Å². The van der Waals surface area contributed by atoms with Crippen molar-refractivity contribution in [2.45, 2.75) is 51.7 Å². The lowest BCUT2D eigenvalue weighted by Crippen LogP contribution is -2.50. The van der Waals surface area contributed by atoms with Gasteiger partial charge in [0.25, 0.3) is 0 Å². The molecule has 6 heteroatoms. The summed E-state index contributed by atoms with van der Waals surface area (Å²) in [6.45, 7) is 6.14. The molecule has 1 aliphatic heterocycles. The average molecular weight is 383 g/mol. The zero-order chi connectivity index (χ0) is 17.0. The SMILES string of the molecule is CC(C)(C)OC(=O)N1CCCC[C@H]1C(=NO)c1cccc(Br)c1. The van der Waals surface area contributed by atoms with Gasteiger partial charge < -0.3 is 9.94 Å². The fourth-order valence-electron chi connectivity index (χ4n) is 2.72. The molecular formula is C17H23BrN2O3. The van der Waals surface area contributed by atoms with Crippen molar-refractivity contribution in [1.82, 2.24) is 4.90 Å². The number of carbonyl (C=O) groups is 1. The van der Waals surface area contributed by atoms with Gasteiger partial charge in [0.05, 0.1) is 6.04 Å². The minimum atomic E-state index is -0.550. The van der Waals surface area contributed by atoms with E-state index in [0.717, 1.165) is 29.3 Å². The molecule has 1 fully saturated rings. The number of benzene rings is 1. The second-order valence-electron chi connectivity index (χ2n) is 6.68. The fourth-order valence-corrected chi connectivity index (χ4v) is 3.12. The predicted octanol–water partition coefficient (Wildman–Crippen LogP) is 4.42. The van der Waals surface area contributed by atoms with Gasteiger partial charge in [0.2, 0.25) is 0 Å². The van der Waals surface area contributed by atoms with Gasteiger partial charge in [-0.15, -0.1) is 0 Å². The normalized spacial score (nSPS) is 19.6. The fraction of sp³-hybridized carbons (Fsp3) is 0.529. The van der Waals surface area contributed by atoms with Crippen LogP contribution < -0.4 is 0 Å². The number of likely N-dealkylation sites (tertiary alicyclic amines) is 1. The van der Waals surface area contributed by atoms with Crippen LogP contribution in [0.1, 0.15) is 45.6 Å². The third kappa shape index (κ3) is 4.70. The van der Waals surface area contributed by atoms with E-state index in [1.807, 2.05) is 45.0 Å². The summed E-state index contributed by atoms with van der Waals surface area (Å²) in [6.07, 6.45) is 2.30. The summed E-state index contributed by atoms with van der Waals surface area (Å²) < 4.78 is 6.40. The average Bonchev–Trinajstić information content (AvgIpc) is 2.47. The van der Waals surface area contributed by atoms with Crippen LogP contribution in [0.15, 0.2) is 33.9 Å². The highest BCUT2D eigenvalue weighted by Gasteiger charge is 2.34. The van der Waals surface area contributed by atoms with E-state index in [2.05, 4.69) is 21.1 Å². The zero-order valence-corrected chi connectivity index (χ0v) is 15.3. The summed E-state index contributed by atoms with van der Waals surface area (Å²) >= 11 is 3.43. The molecule has 5 nitrogen and oxygen atoms in total. The Labute approximate surface area is 145 Å². The van der Waals surface area contributed by atoms with E-state index >= 15 is 0 Å². The molecule has 1 aromatic rings. The van der Waals surface area contributed by atoms with E-state index in [9.17, 15) is 10.0 Å². The summed E-state index contributed by atoms with van der Waals surface area (Å²) in [6, 6.07) is 7.27. The first-order valence-electron chi connectivity index (χ1n) is 7.79. The van der Waals surface area contributed by atoms with Gasteiger partial charge in [0.1, 0.15) is 11.3 Å². The van der Waals surface area contributed by atoms with Gasteiger partial charge in [0, 0.05) is 16.6 Å². The smallest absolute Gasteiger partial charge is 0.410 e. The van der Waals surface area contributed by atoms with Crippen molar-refractivity contribution in [2.75, 3.05) is 6.54 Å². The van der Waals surface area contributed by atoms with Crippen molar-refractivity contribution in [3.8, 4) is 0 Å². The van der Waals surface area contributed by atoms with Crippen LogP contribution >= 0.6 is 15.9 Å². The molecule has 0 bridgehead atoms. The molecule has 2 rings (SSSR count). The maximum Gasteiger partial charge on any atom is 0.410 e. The second kappa shape index (κ2) is 7.34. The Kier molecular flexibility index (Phi) is 5.68. The first-order chi connectivity index (χ1) is 10.8. The van der Waals surface area contributed by atoms with Gasteiger partial charge in [0.15, 0.2) is 0 Å². The Morgan fingerprint density at radius 2 is 2.13 bits per heavy atom. The number of hydrogen-bond donors (Lipinski definition) is 1. The molecule has 1 atom stereocenters. The van der Waals surface area contributed by atoms with Crippen LogP contribution in [-0.4, -0.2) is 40.1 Å². The van der Waals surface area contributed by atoms with Crippen molar-refractivity contribution in [2.24, 2.45) is 5.16 Å². The quantitative estimate of drug-likeness (QED) is 0.467. The number of carbonyl (C=O) groups excluding carboxylic acids is 1. The van der Waals surface area contributed by atoms with Gasteiger partial charge in [-0.1, -0.05) is 33.2 Å². The maximum absolute atomic E-state index is 12.5. The molecule has 0 aliphatic carbocycles. The minimum Gasteiger partial charge on any atom is -0.444 e. The Morgan fingerprint density at radius 3 is 2.74 bits per heavy atom. The Hall–Kier alpha value is -1.56. The second-order valence-corrected chi connectivity index (χ2v) is 7.60. The molecule has 23 heavy (non-hydrogen) atoms. The van der Waals surface area contributed by atoms with Gasteiger partial charge in [-0.25, -0.2) is 4.79 Å². The molecule has 1 amide bonds. The van der Waals surface area contributed by atoms with E-state index in [0.29, 0.717) is 12.3 Å². The molecule has 0 spiro atoms. The molecule has 1 aromatic carbocycles. The molecule has 1 heterocycles. The summed E-state index contributed by atoms with van der Waals surface area (Å²) in [5.74, 6) is 0. The third-order valence-corrected chi connectivity index (χ3v) is 4.17. The van der Waals surface area contributed by atoms with Crippen molar-refractivity contribution in [1.29, 1.82) is 0 Å². The highest BCUT2D eigenvalue weighted by atomic mass is 79.9. The summed E-state index contributed by atoms with van der Waals surface area (Å²) in [7, 11) is 0. The number of amides is 1. The van der Waals surface area contributed by atoms with Crippen LogP contribution in [0.5, 0.6) is 0 Å². The largest absolute Gasteiger partial charge is 0.444 e. The molecule has 1 saturated heterocycles. The number of hydrogen-bond acceptors (Lipinski definition) is 4. The highest BCUT2D eigenvalue weighted by molar-refractivity contribution is 9.10. The predicted molar refractivity (Wildman–Crippen MR) is 93.0 cm³/mol. The summed E-state index contributed by atoms with van der Waals surface area (Å²) in [4.78, 5) is 14.2. The van der Waals surface area contributed by atoms with E-state index in [-0.39, 0.29) is 12.1 Å². The molecular weight excluding hydrogens is 360 g/mol. The van der Waals surface area contributed by atoms with Crippen molar-refractivity contribution < 1.29 is 14.7 Å². The van der Waals surface area contributed by atoms with Crippen molar-refractivity contribution in [3.63, 3.8) is 0 Å². The first kappa shape index (κ1) is 17.8. The van der Waals surface area contributed by atoms with Crippen LogP contribution in [0.3, 0.4) is 0 Å². The van der Waals surface area contributed by atoms with E-state index in [1.54, 1.807) is 4.90 Å². The van der Waals surface area contributed by atoms with Crippen molar-refractivity contribution in [3.05, 3.63) is 34.3 Å². The van der Waals surface area contributed by atoms with Gasteiger partial charge >= 0.3 is 6.09 Å². The molecule has 1 aliphatic rings. The number of rotatable bonds is 2. The number of nitrogens with zero attached hydrogens (tertiary/aromatic N) is 2. The number of halogens is 1. The van der Waals surface area contributed by atoms with E-state index in [4.69, 9.17) is 4.74 Å². The van der Waals surface area contributed by atoms with E-state index in [1.165, 1.54) is 0 Å². The zero-order valence-electron chi connectivity index (χ0n) is 13.8. The Morgan fingerprint density at radius 1 is 1.39 bits per heavy atom. The number of piperidine rings is 1. The lowest BCUT2D eigenvalue weighted by atomic mass is 9.94.